The summed E-state index contributed by atoms with van der Waals surface area (Å²) in [7, 11) is 0. The highest BCUT2D eigenvalue weighted by molar-refractivity contribution is 14.0. The van der Waals surface area contributed by atoms with E-state index in [0.29, 0.717) is 18.5 Å². The lowest BCUT2D eigenvalue weighted by Crippen LogP contribution is -2.43. The van der Waals surface area contributed by atoms with Crippen LogP contribution in [0, 0.1) is 0 Å². The van der Waals surface area contributed by atoms with Gasteiger partial charge in [0.2, 0.25) is 0 Å². The third kappa shape index (κ3) is 5.59. The number of nitrogens with two attached hydrogens (primary N) is 1. The number of furan rings is 1. The number of likely N-dealkylation sites (tertiary alicyclic amines) is 2. The highest BCUT2D eigenvalue weighted by Gasteiger charge is 2.26. The fourth-order valence-electron chi connectivity index (χ4n) is 3.93. The van der Waals surface area contributed by atoms with Gasteiger partial charge in [0.05, 0.1) is 18.8 Å². The second kappa shape index (κ2) is 10.4. The first-order valence-corrected chi connectivity index (χ1v) is 9.33. The van der Waals surface area contributed by atoms with Crippen molar-refractivity contribution in [3.05, 3.63) is 24.2 Å². The summed E-state index contributed by atoms with van der Waals surface area (Å²) >= 11 is 0. The molecule has 0 saturated carbocycles. The van der Waals surface area contributed by atoms with E-state index in [-0.39, 0.29) is 30.0 Å². The standard InChI is InChI=1S/C18H31N5O.HI/c1-2-22-11-5-7-15(22)13-20-18(19)21-14-16(17-8-6-12-24-17)23-9-3-4-10-23;/h6,8,12,15-16H,2-5,7,9-11,13-14H2,1H3,(H3,19,20,21);1H. The van der Waals surface area contributed by atoms with Gasteiger partial charge in [0.1, 0.15) is 5.76 Å². The number of halogens is 1. The van der Waals surface area contributed by atoms with Gasteiger partial charge in [0, 0.05) is 12.6 Å². The Morgan fingerprint density at radius 3 is 2.84 bits per heavy atom. The van der Waals surface area contributed by atoms with Crippen LogP contribution in [0.15, 0.2) is 27.8 Å². The van der Waals surface area contributed by atoms with E-state index in [0.717, 1.165) is 31.9 Å². The summed E-state index contributed by atoms with van der Waals surface area (Å²) in [4.78, 5) is 9.56. The average molecular weight is 461 g/mol. The van der Waals surface area contributed by atoms with Gasteiger partial charge in [-0.1, -0.05) is 6.92 Å². The molecule has 1 aromatic rings. The van der Waals surface area contributed by atoms with E-state index in [2.05, 4.69) is 27.0 Å². The number of hydrogen-bond acceptors (Lipinski definition) is 4. The van der Waals surface area contributed by atoms with Gasteiger partial charge in [-0.3, -0.25) is 14.8 Å². The third-order valence-corrected chi connectivity index (χ3v) is 5.31. The molecular weight excluding hydrogens is 429 g/mol. The molecule has 6 nitrogen and oxygen atoms in total. The second-order valence-electron chi connectivity index (χ2n) is 6.81. The van der Waals surface area contributed by atoms with Crippen LogP contribution in [0.25, 0.3) is 0 Å². The maximum atomic E-state index is 6.11. The zero-order valence-electron chi connectivity index (χ0n) is 15.2. The zero-order valence-corrected chi connectivity index (χ0v) is 17.5. The first-order valence-electron chi connectivity index (χ1n) is 9.33. The van der Waals surface area contributed by atoms with E-state index in [1.807, 2.05) is 12.1 Å². The van der Waals surface area contributed by atoms with Crippen LogP contribution < -0.4 is 11.1 Å². The van der Waals surface area contributed by atoms with Crippen molar-refractivity contribution >= 4 is 29.9 Å². The van der Waals surface area contributed by atoms with Gasteiger partial charge in [-0.15, -0.1) is 24.0 Å². The summed E-state index contributed by atoms with van der Waals surface area (Å²) < 4.78 is 5.63. The number of guanidine groups is 1. The van der Waals surface area contributed by atoms with Crippen LogP contribution in [0.4, 0.5) is 0 Å². The Bertz CT molecular complexity index is 516. The van der Waals surface area contributed by atoms with Crippen LogP contribution in [0.2, 0.25) is 0 Å². The van der Waals surface area contributed by atoms with Gasteiger partial charge in [0.25, 0.3) is 0 Å². The summed E-state index contributed by atoms with van der Waals surface area (Å²) in [6.45, 7) is 8.30. The van der Waals surface area contributed by atoms with Gasteiger partial charge >= 0.3 is 0 Å². The fraction of sp³-hybridized carbons (Fsp3) is 0.722. The molecule has 2 atom stereocenters. The van der Waals surface area contributed by atoms with Gasteiger partial charge < -0.3 is 15.5 Å². The molecule has 0 radical (unpaired) electrons. The molecule has 0 bridgehead atoms. The smallest absolute Gasteiger partial charge is 0.188 e. The Hall–Kier alpha value is -0.800. The van der Waals surface area contributed by atoms with Crippen LogP contribution in [-0.2, 0) is 0 Å². The van der Waals surface area contributed by atoms with Crippen LogP contribution in [0.5, 0.6) is 0 Å². The second-order valence-corrected chi connectivity index (χ2v) is 6.81. The number of rotatable bonds is 7. The molecule has 2 aliphatic heterocycles. The number of likely N-dealkylation sites (N-methyl/N-ethyl adjacent to an activating group) is 1. The van der Waals surface area contributed by atoms with Crippen molar-refractivity contribution in [3.8, 4) is 0 Å². The Morgan fingerprint density at radius 2 is 2.16 bits per heavy atom. The quantitative estimate of drug-likeness (QED) is 0.371. The minimum atomic E-state index is 0. The largest absolute Gasteiger partial charge is 0.468 e. The van der Waals surface area contributed by atoms with E-state index in [4.69, 9.17) is 10.2 Å². The van der Waals surface area contributed by atoms with Crippen LogP contribution >= 0.6 is 24.0 Å². The molecule has 7 heteroatoms. The first kappa shape index (κ1) is 20.5. The minimum Gasteiger partial charge on any atom is -0.468 e. The summed E-state index contributed by atoms with van der Waals surface area (Å²) in [5.41, 5.74) is 6.11. The number of hydrogen-bond donors (Lipinski definition) is 2. The predicted molar refractivity (Wildman–Crippen MR) is 112 cm³/mol. The molecule has 142 valence electrons. The molecule has 2 saturated heterocycles. The topological polar surface area (TPSA) is 70.0 Å². The molecule has 3 N–H and O–H groups in total. The molecule has 25 heavy (non-hydrogen) atoms. The van der Waals surface area contributed by atoms with Crippen molar-refractivity contribution in [1.29, 1.82) is 0 Å². The van der Waals surface area contributed by atoms with E-state index in [9.17, 15) is 0 Å². The van der Waals surface area contributed by atoms with Gasteiger partial charge in [-0.25, -0.2) is 0 Å². The molecule has 0 amide bonds. The van der Waals surface area contributed by atoms with Crippen molar-refractivity contribution in [2.75, 3.05) is 39.3 Å². The molecule has 0 aliphatic carbocycles. The van der Waals surface area contributed by atoms with Crippen molar-refractivity contribution < 1.29 is 4.42 Å². The molecule has 3 rings (SSSR count). The monoisotopic (exact) mass is 461 g/mol. The Labute approximate surface area is 168 Å². The van der Waals surface area contributed by atoms with E-state index < -0.39 is 0 Å². The van der Waals surface area contributed by atoms with Crippen molar-refractivity contribution in [2.24, 2.45) is 10.7 Å². The molecular formula is C18H32IN5O. The van der Waals surface area contributed by atoms with E-state index in [1.165, 1.54) is 32.2 Å². The van der Waals surface area contributed by atoms with Crippen LogP contribution in [0.3, 0.4) is 0 Å². The Morgan fingerprint density at radius 1 is 1.36 bits per heavy atom. The van der Waals surface area contributed by atoms with E-state index >= 15 is 0 Å². The maximum absolute atomic E-state index is 6.11. The first-order chi connectivity index (χ1) is 11.8. The SMILES string of the molecule is CCN1CCCC1CNC(N)=NCC(c1ccco1)N1CCCC1.I. The minimum absolute atomic E-state index is 0. The molecule has 2 fully saturated rings. The van der Waals surface area contributed by atoms with Crippen molar-refractivity contribution in [3.63, 3.8) is 0 Å². The normalized spacial score (nSPS) is 23.6. The molecule has 0 spiro atoms. The molecule has 2 aliphatic rings. The zero-order chi connectivity index (χ0) is 16.8. The molecule has 2 unspecified atom stereocenters. The summed E-state index contributed by atoms with van der Waals surface area (Å²) in [6, 6.07) is 4.77. The maximum Gasteiger partial charge on any atom is 0.188 e. The van der Waals surface area contributed by atoms with Crippen molar-refractivity contribution in [1.82, 2.24) is 15.1 Å². The third-order valence-electron chi connectivity index (χ3n) is 5.31. The lowest BCUT2D eigenvalue weighted by Gasteiger charge is -2.25. The average Bonchev–Trinajstić information content (AvgIpc) is 3.34. The highest BCUT2D eigenvalue weighted by Crippen LogP contribution is 2.25. The molecule has 3 heterocycles. The van der Waals surface area contributed by atoms with Crippen LogP contribution in [-0.4, -0.2) is 61.1 Å². The van der Waals surface area contributed by atoms with E-state index in [1.54, 1.807) is 6.26 Å². The number of aliphatic imine (C=N–C) groups is 1. The number of nitrogens with one attached hydrogen (secondary N) is 1. The molecule has 0 aromatic carbocycles. The highest BCUT2D eigenvalue weighted by atomic mass is 127. The van der Waals surface area contributed by atoms with Gasteiger partial charge in [0.15, 0.2) is 5.96 Å². The predicted octanol–water partition coefficient (Wildman–Crippen LogP) is 2.42. The lowest BCUT2D eigenvalue weighted by molar-refractivity contribution is 0.221. The molecule has 1 aromatic heterocycles. The van der Waals surface area contributed by atoms with Crippen LogP contribution in [0.1, 0.15) is 44.4 Å². The Kier molecular flexibility index (Phi) is 8.51. The summed E-state index contributed by atoms with van der Waals surface area (Å²) in [6.07, 6.45) is 6.78. The van der Waals surface area contributed by atoms with Gasteiger partial charge in [-0.05, 0) is 64.0 Å². The van der Waals surface area contributed by atoms with Gasteiger partial charge in [-0.2, -0.15) is 0 Å². The summed E-state index contributed by atoms with van der Waals surface area (Å²) in [5.74, 6) is 1.54. The lowest BCUT2D eigenvalue weighted by atomic mass is 10.2. The summed E-state index contributed by atoms with van der Waals surface area (Å²) in [5, 5.41) is 3.32. The Balaban J connectivity index is 0.00000225. The number of nitrogens with zero attached hydrogens (tertiary/aromatic N) is 3. The fourth-order valence-corrected chi connectivity index (χ4v) is 3.93. The van der Waals surface area contributed by atoms with Crippen molar-refractivity contribution in [2.45, 2.75) is 44.7 Å².